The molecule has 3 aromatic rings. The average Bonchev–Trinajstić information content (AvgIpc) is 3.24. The smallest absolute Gasteiger partial charge is 0.124 e. The molecule has 0 aliphatic carbocycles. The zero-order valence-corrected chi connectivity index (χ0v) is 19.1. The van der Waals surface area contributed by atoms with Crippen LogP contribution in [0, 0.1) is 0 Å². The van der Waals surface area contributed by atoms with Gasteiger partial charge in [0.05, 0.1) is 34.0 Å². The molecule has 2 aromatic heterocycles. The molecule has 164 valence electrons. The van der Waals surface area contributed by atoms with E-state index in [2.05, 4.69) is 57.1 Å². The SMILES string of the molecule is CC(C)N1CCN(c2cccc3[nH]c([C@H]4CCC[C@@H](c5ncccc5Cl)N4)nc23)CC1. The molecule has 31 heavy (non-hydrogen) atoms. The van der Waals surface area contributed by atoms with Crippen LogP contribution in [0.3, 0.4) is 0 Å². The van der Waals surface area contributed by atoms with Crippen LogP contribution in [0.5, 0.6) is 0 Å². The number of nitrogens with zero attached hydrogens (tertiary/aromatic N) is 4. The van der Waals surface area contributed by atoms with E-state index in [4.69, 9.17) is 16.6 Å². The number of aromatic nitrogens is 3. The number of benzene rings is 1. The van der Waals surface area contributed by atoms with Gasteiger partial charge in [-0.3, -0.25) is 15.2 Å². The lowest BCUT2D eigenvalue weighted by Gasteiger charge is -2.38. The molecule has 2 N–H and O–H groups in total. The van der Waals surface area contributed by atoms with Crippen LogP contribution in [0.1, 0.15) is 56.7 Å². The Morgan fingerprint density at radius 1 is 1.03 bits per heavy atom. The molecule has 6 nitrogen and oxygen atoms in total. The minimum atomic E-state index is 0.157. The lowest BCUT2D eigenvalue weighted by molar-refractivity contribution is 0.209. The summed E-state index contributed by atoms with van der Waals surface area (Å²) in [5.74, 6) is 1.01. The molecule has 0 radical (unpaired) electrons. The lowest BCUT2D eigenvalue weighted by atomic mass is 9.96. The zero-order chi connectivity index (χ0) is 21.4. The fourth-order valence-electron chi connectivity index (χ4n) is 4.96. The Hall–Kier alpha value is -2.15. The highest BCUT2D eigenvalue weighted by atomic mass is 35.5. The van der Waals surface area contributed by atoms with Crippen molar-refractivity contribution in [2.45, 2.75) is 51.2 Å². The summed E-state index contributed by atoms with van der Waals surface area (Å²) < 4.78 is 0. The predicted octanol–water partition coefficient (Wildman–Crippen LogP) is 4.70. The molecule has 4 heterocycles. The third kappa shape index (κ3) is 4.16. The molecule has 2 saturated heterocycles. The van der Waals surface area contributed by atoms with Crippen molar-refractivity contribution in [2.75, 3.05) is 31.1 Å². The van der Waals surface area contributed by atoms with E-state index in [1.807, 2.05) is 18.3 Å². The molecular weight excluding hydrogens is 408 g/mol. The van der Waals surface area contributed by atoms with Crippen molar-refractivity contribution < 1.29 is 0 Å². The number of nitrogens with one attached hydrogen (secondary N) is 2. The van der Waals surface area contributed by atoms with Gasteiger partial charge in [0.2, 0.25) is 0 Å². The third-order valence-electron chi connectivity index (χ3n) is 6.73. The summed E-state index contributed by atoms with van der Waals surface area (Å²) in [6.07, 6.45) is 5.04. The van der Waals surface area contributed by atoms with Crippen LogP contribution in [-0.2, 0) is 0 Å². The van der Waals surface area contributed by atoms with Crippen LogP contribution in [-0.4, -0.2) is 52.1 Å². The summed E-state index contributed by atoms with van der Waals surface area (Å²) in [4.78, 5) is 18.2. The normalized spacial score (nSPS) is 23.0. The van der Waals surface area contributed by atoms with Crippen LogP contribution in [0.4, 0.5) is 5.69 Å². The van der Waals surface area contributed by atoms with Crippen LogP contribution < -0.4 is 10.2 Å². The number of imidazole rings is 1. The highest BCUT2D eigenvalue weighted by Crippen LogP contribution is 2.35. The number of para-hydroxylation sites is 1. The summed E-state index contributed by atoms with van der Waals surface area (Å²) in [5, 5.41) is 4.47. The third-order valence-corrected chi connectivity index (χ3v) is 7.05. The zero-order valence-electron chi connectivity index (χ0n) is 18.3. The van der Waals surface area contributed by atoms with E-state index >= 15 is 0 Å². The molecule has 5 rings (SSSR count). The van der Waals surface area contributed by atoms with E-state index in [9.17, 15) is 0 Å². The molecule has 0 bridgehead atoms. The fourth-order valence-corrected chi connectivity index (χ4v) is 5.21. The number of fused-ring (bicyclic) bond motifs is 1. The summed E-state index contributed by atoms with van der Waals surface area (Å²) in [7, 11) is 0. The quantitative estimate of drug-likeness (QED) is 0.618. The van der Waals surface area contributed by atoms with Crippen LogP contribution in [0.2, 0.25) is 5.02 Å². The van der Waals surface area contributed by atoms with Gasteiger partial charge in [-0.15, -0.1) is 0 Å². The fraction of sp³-hybridized carbons (Fsp3) is 0.500. The van der Waals surface area contributed by atoms with Gasteiger partial charge in [0.25, 0.3) is 0 Å². The van der Waals surface area contributed by atoms with Gasteiger partial charge < -0.3 is 9.88 Å². The van der Waals surface area contributed by atoms with E-state index in [-0.39, 0.29) is 12.1 Å². The predicted molar refractivity (Wildman–Crippen MR) is 127 cm³/mol. The van der Waals surface area contributed by atoms with Crippen molar-refractivity contribution in [3.05, 3.63) is 53.1 Å². The average molecular weight is 439 g/mol. The van der Waals surface area contributed by atoms with Crippen molar-refractivity contribution >= 4 is 28.3 Å². The van der Waals surface area contributed by atoms with Crippen molar-refractivity contribution in [3.8, 4) is 0 Å². The first-order chi connectivity index (χ1) is 15.1. The van der Waals surface area contributed by atoms with Gasteiger partial charge in [0, 0.05) is 38.4 Å². The maximum Gasteiger partial charge on any atom is 0.124 e. The lowest BCUT2D eigenvalue weighted by Crippen LogP contribution is -2.48. The Kier molecular flexibility index (Phi) is 5.87. The van der Waals surface area contributed by atoms with Crippen molar-refractivity contribution in [3.63, 3.8) is 0 Å². The van der Waals surface area contributed by atoms with Crippen LogP contribution in [0.15, 0.2) is 36.5 Å². The highest BCUT2D eigenvalue weighted by Gasteiger charge is 2.28. The first-order valence-corrected chi connectivity index (χ1v) is 11.8. The number of halogens is 1. The Bertz CT molecular complexity index is 1040. The van der Waals surface area contributed by atoms with Crippen LogP contribution in [0.25, 0.3) is 11.0 Å². The topological polar surface area (TPSA) is 60.1 Å². The number of hydrogen-bond donors (Lipinski definition) is 2. The Morgan fingerprint density at radius 3 is 2.61 bits per heavy atom. The minimum absolute atomic E-state index is 0.157. The molecule has 0 saturated carbocycles. The molecule has 2 fully saturated rings. The van der Waals surface area contributed by atoms with Gasteiger partial charge in [-0.25, -0.2) is 4.98 Å². The second-order valence-corrected chi connectivity index (χ2v) is 9.39. The molecule has 2 atom stereocenters. The number of piperidine rings is 1. The molecule has 0 amide bonds. The highest BCUT2D eigenvalue weighted by molar-refractivity contribution is 6.31. The number of aromatic amines is 1. The number of anilines is 1. The number of H-pyrrole nitrogens is 1. The Labute approximate surface area is 189 Å². The van der Waals surface area contributed by atoms with Gasteiger partial charge >= 0.3 is 0 Å². The molecule has 0 spiro atoms. The Morgan fingerprint density at radius 2 is 1.84 bits per heavy atom. The number of rotatable bonds is 4. The second kappa shape index (κ2) is 8.77. The Balaban J connectivity index is 1.38. The standard InChI is InChI=1S/C24H31ClN6/c1-16(2)30-12-14-31(15-13-30)21-10-4-8-19-23(21)29-24(28-19)20-9-3-7-18(27-20)22-17(25)6-5-11-26-22/h4-6,8,10-11,16,18,20,27H,3,7,9,12-15H2,1-2H3,(H,28,29)/t18-,20+/m0/s1. The molecule has 0 unspecified atom stereocenters. The largest absolute Gasteiger partial charge is 0.367 e. The van der Waals surface area contributed by atoms with E-state index in [1.54, 1.807) is 0 Å². The maximum atomic E-state index is 6.42. The number of piperazine rings is 1. The molecule has 2 aliphatic heterocycles. The van der Waals surface area contributed by atoms with Gasteiger partial charge in [0.1, 0.15) is 11.3 Å². The molecule has 2 aliphatic rings. The maximum absolute atomic E-state index is 6.42. The molecular formula is C24H31ClN6. The van der Waals surface area contributed by atoms with Gasteiger partial charge in [-0.05, 0) is 57.4 Å². The molecule has 1 aromatic carbocycles. The monoisotopic (exact) mass is 438 g/mol. The summed E-state index contributed by atoms with van der Waals surface area (Å²) >= 11 is 6.42. The first kappa shape index (κ1) is 20.7. The van der Waals surface area contributed by atoms with E-state index in [0.717, 1.165) is 73.0 Å². The van der Waals surface area contributed by atoms with Gasteiger partial charge in [-0.1, -0.05) is 17.7 Å². The van der Waals surface area contributed by atoms with E-state index in [0.29, 0.717) is 6.04 Å². The first-order valence-electron chi connectivity index (χ1n) is 11.4. The number of hydrogen-bond acceptors (Lipinski definition) is 5. The minimum Gasteiger partial charge on any atom is -0.367 e. The van der Waals surface area contributed by atoms with Gasteiger partial charge in [-0.2, -0.15) is 0 Å². The van der Waals surface area contributed by atoms with Crippen molar-refractivity contribution in [1.82, 2.24) is 25.2 Å². The summed E-state index contributed by atoms with van der Waals surface area (Å²) in [5.41, 5.74) is 4.37. The van der Waals surface area contributed by atoms with Gasteiger partial charge in [0.15, 0.2) is 0 Å². The van der Waals surface area contributed by atoms with Crippen LogP contribution >= 0.6 is 11.6 Å². The van der Waals surface area contributed by atoms with E-state index < -0.39 is 0 Å². The summed E-state index contributed by atoms with van der Waals surface area (Å²) in [6.45, 7) is 8.84. The second-order valence-electron chi connectivity index (χ2n) is 8.99. The summed E-state index contributed by atoms with van der Waals surface area (Å²) in [6, 6.07) is 11.2. The van der Waals surface area contributed by atoms with Crippen molar-refractivity contribution in [2.24, 2.45) is 0 Å². The van der Waals surface area contributed by atoms with Crippen molar-refractivity contribution in [1.29, 1.82) is 0 Å². The number of pyridine rings is 1. The van der Waals surface area contributed by atoms with E-state index in [1.165, 1.54) is 5.69 Å². The molecule has 7 heteroatoms.